The van der Waals surface area contributed by atoms with Crippen molar-refractivity contribution in [1.82, 2.24) is 5.32 Å². The minimum Gasteiger partial charge on any atom is -0.358 e. The third-order valence-corrected chi connectivity index (χ3v) is 0.531. The molecule has 0 aromatic carbocycles. The zero-order valence-corrected chi connectivity index (χ0v) is 2.90. The molecule has 0 amide bonds. The summed E-state index contributed by atoms with van der Waals surface area (Å²) in [7, 11) is 0. The molecule has 1 aliphatic heterocycles. The first-order valence-electron chi connectivity index (χ1n) is 1.67. The maximum Gasteiger partial charge on any atom is 0.148 e. The maximum atomic E-state index is 4.71. The van der Waals surface area contributed by atoms with Gasteiger partial charge in [-0.2, -0.15) is 0 Å². The van der Waals surface area contributed by atoms with Crippen molar-refractivity contribution in [2.75, 3.05) is 13.2 Å². The SMILES string of the molecule is [CH]1NCCO1. The molecule has 0 atom stereocenters. The fourth-order valence-corrected chi connectivity index (χ4v) is 0.295. The third kappa shape index (κ3) is 0.597. The molecular formula is C3H6NO. The fourth-order valence-electron chi connectivity index (χ4n) is 0.295. The topological polar surface area (TPSA) is 21.3 Å². The molecule has 0 aliphatic carbocycles. The Bertz CT molecular complexity index is 18.5. The van der Waals surface area contributed by atoms with Gasteiger partial charge in [0.25, 0.3) is 0 Å². The van der Waals surface area contributed by atoms with Crippen LogP contribution in [0.2, 0.25) is 0 Å². The number of hydrogen-bond donors (Lipinski definition) is 1. The minimum atomic E-state index is 0.833. The van der Waals surface area contributed by atoms with Crippen LogP contribution in [0.15, 0.2) is 0 Å². The molecule has 0 unspecified atom stereocenters. The number of rotatable bonds is 0. The van der Waals surface area contributed by atoms with Crippen LogP contribution in [0.4, 0.5) is 0 Å². The number of hydrogen-bond acceptors (Lipinski definition) is 2. The van der Waals surface area contributed by atoms with E-state index >= 15 is 0 Å². The lowest BCUT2D eigenvalue weighted by Crippen LogP contribution is -2.00. The Morgan fingerprint density at radius 3 is 3.00 bits per heavy atom. The van der Waals surface area contributed by atoms with Crippen LogP contribution in [0.1, 0.15) is 0 Å². The predicted octanol–water partition coefficient (Wildman–Crippen LogP) is -0.275. The molecule has 29 valence electrons. The standard InChI is InChI=1S/C3H6NO/c1-2-5-3-4-1/h3-4H,1-2H2. The molecule has 0 aromatic heterocycles. The second-order valence-electron chi connectivity index (χ2n) is 0.943. The van der Waals surface area contributed by atoms with E-state index in [4.69, 9.17) is 4.74 Å². The van der Waals surface area contributed by atoms with E-state index in [1.807, 2.05) is 0 Å². The molecule has 1 saturated heterocycles. The van der Waals surface area contributed by atoms with Crippen LogP contribution in [0.25, 0.3) is 0 Å². The Morgan fingerprint density at radius 2 is 2.80 bits per heavy atom. The van der Waals surface area contributed by atoms with Crippen molar-refractivity contribution < 1.29 is 4.74 Å². The molecule has 5 heavy (non-hydrogen) atoms. The molecule has 1 fully saturated rings. The smallest absolute Gasteiger partial charge is 0.148 e. The van der Waals surface area contributed by atoms with Gasteiger partial charge in [0, 0.05) is 6.54 Å². The normalized spacial score (nSPS) is 24.0. The molecular weight excluding hydrogens is 66.0 g/mol. The Kier molecular flexibility index (Phi) is 0.862. The van der Waals surface area contributed by atoms with E-state index in [1.54, 1.807) is 6.73 Å². The monoisotopic (exact) mass is 72.0 g/mol. The first-order valence-corrected chi connectivity index (χ1v) is 1.67. The van der Waals surface area contributed by atoms with E-state index in [2.05, 4.69) is 5.32 Å². The molecule has 0 spiro atoms. The average molecular weight is 72.1 g/mol. The summed E-state index contributed by atoms with van der Waals surface area (Å²) in [6.45, 7) is 3.42. The van der Waals surface area contributed by atoms with Gasteiger partial charge in [0.15, 0.2) is 0 Å². The summed E-state index contributed by atoms with van der Waals surface area (Å²) in [5, 5.41) is 2.88. The molecule has 1 heterocycles. The first-order chi connectivity index (χ1) is 2.50. The molecule has 2 heteroatoms. The van der Waals surface area contributed by atoms with Gasteiger partial charge in [-0.25, -0.2) is 0 Å². The van der Waals surface area contributed by atoms with Crippen molar-refractivity contribution >= 4 is 0 Å². The van der Waals surface area contributed by atoms with E-state index in [-0.39, 0.29) is 0 Å². The average Bonchev–Trinajstić information content (AvgIpc) is 1.76. The van der Waals surface area contributed by atoms with Crippen molar-refractivity contribution in [1.29, 1.82) is 0 Å². The molecule has 2 nitrogen and oxygen atoms in total. The molecule has 1 rings (SSSR count). The third-order valence-electron chi connectivity index (χ3n) is 0.531. The summed E-state index contributed by atoms with van der Waals surface area (Å²) in [5.74, 6) is 0. The van der Waals surface area contributed by atoms with E-state index in [0.717, 1.165) is 13.2 Å². The van der Waals surface area contributed by atoms with Crippen molar-refractivity contribution in [3.8, 4) is 0 Å². The Morgan fingerprint density at radius 1 is 1.80 bits per heavy atom. The van der Waals surface area contributed by atoms with Crippen LogP contribution in [0.3, 0.4) is 0 Å². The van der Waals surface area contributed by atoms with Gasteiger partial charge < -0.3 is 4.74 Å². The van der Waals surface area contributed by atoms with E-state index in [1.165, 1.54) is 0 Å². The molecule has 0 bridgehead atoms. The highest BCUT2D eigenvalue weighted by molar-refractivity contribution is 4.55. The van der Waals surface area contributed by atoms with Crippen molar-refractivity contribution in [2.45, 2.75) is 0 Å². The summed E-state index contributed by atoms with van der Waals surface area (Å²) in [6.07, 6.45) is 0. The number of ether oxygens (including phenoxy) is 1. The van der Waals surface area contributed by atoms with Crippen molar-refractivity contribution in [2.24, 2.45) is 0 Å². The summed E-state index contributed by atoms with van der Waals surface area (Å²) in [5.41, 5.74) is 0. The van der Waals surface area contributed by atoms with Crippen LogP contribution in [0.5, 0.6) is 0 Å². The lowest BCUT2D eigenvalue weighted by atomic mass is 10.7. The van der Waals surface area contributed by atoms with Gasteiger partial charge in [0.1, 0.15) is 6.73 Å². The van der Waals surface area contributed by atoms with Gasteiger partial charge in [0.2, 0.25) is 0 Å². The lowest BCUT2D eigenvalue weighted by Gasteiger charge is -1.74. The van der Waals surface area contributed by atoms with Crippen LogP contribution in [-0.4, -0.2) is 13.2 Å². The minimum absolute atomic E-state index is 0.833. The van der Waals surface area contributed by atoms with Crippen LogP contribution >= 0.6 is 0 Å². The summed E-state index contributed by atoms with van der Waals surface area (Å²) < 4.78 is 4.71. The quantitative estimate of drug-likeness (QED) is 0.425. The zero-order chi connectivity index (χ0) is 3.54. The van der Waals surface area contributed by atoms with Gasteiger partial charge >= 0.3 is 0 Å². The summed E-state index contributed by atoms with van der Waals surface area (Å²) in [6, 6.07) is 0. The lowest BCUT2D eigenvalue weighted by molar-refractivity contribution is 0.255. The Labute approximate surface area is 31.1 Å². The second-order valence-corrected chi connectivity index (χ2v) is 0.943. The highest BCUT2D eigenvalue weighted by Crippen LogP contribution is 1.81. The van der Waals surface area contributed by atoms with E-state index < -0.39 is 0 Å². The molecule has 1 radical (unpaired) electrons. The van der Waals surface area contributed by atoms with Gasteiger partial charge in [-0.1, -0.05) is 0 Å². The predicted molar refractivity (Wildman–Crippen MR) is 18.3 cm³/mol. The highest BCUT2D eigenvalue weighted by atomic mass is 16.5. The Balaban J connectivity index is 2.08. The first kappa shape index (κ1) is 3.12. The molecule has 1 N–H and O–H groups in total. The van der Waals surface area contributed by atoms with E-state index in [9.17, 15) is 0 Å². The van der Waals surface area contributed by atoms with Crippen LogP contribution < -0.4 is 5.32 Å². The fraction of sp³-hybridized carbons (Fsp3) is 0.667. The largest absolute Gasteiger partial charge is 0.358 e. The zero-order valence-electron chi connectivity index (χ0n) is 2.90. The van der Waals surface area contributed by atoms with E-state index in [0.29, 0.717) is 0 Å². The van der Waals surface area contributed by atoms with Crippen molar-refractivity contribution in [3.63, 3.8) is 0 Å². The highest BCUT2D eigenvalue weighted by Gasteiger charge is 1.93. The second kappa shape index (κ2) is 1.38. The van der Waals surface area contributed by atoms with Gasteiger partial charge in [-0.15, -0.1) is 0 Å². The summed E-state index contributed by atoms with van der Waals surface area (Å²) >= 11 is 0. The van der Waals surface area contributed by atoms with Gasteiger partial charge in [0.05, 0.1) is 6.61 Å². The maximum absolute atomic E-state index is 4.71. The van der Waals surface area contributed by atoms with Crippen LogP contribution in [-0.2, 0) is 4.74 Å². The molecule has 0 aromatic rings. The summed E-state index contributed by atoms with van der Waals surface area (Å²) in [4.78, 5) is 0. The molecule has 0 saturated carbocycles. The molecule has 1 aliphatic rings. The Hall–Kier alpha value is -0.0800. The van der Waals surface area contributed by atoms with Crippen molar-refractivity contribution in [3.05, 3.63) is 6.73 Å². The number of nitrogens with one attached hydrogen (secondary N) is 1. The van der Waals surface area contributed by atoms with Crippen LogP contribution in [0, 0.1) is 6.73 Å². The van der Waals surface area contributed by atoms with Gasteiger partial charge in [-0.3, -0.25) is 5.32 Å². The van der Waals surface area contributed by atoms with Gasteiger partial charge in [-0.05, 0) is 0 Å².